The Morgan fingerprint density at radius 3 is 2.47 bits per heavy atom. The van der Waals surface area contributed by atoms with Crippen LogP contribution in [-0.4, -0.2) is 5.91 Å². The summed E-state index contributed by atoms with van der Waals surface area (Å²) >= 11 is 0. The van der Waals surface area contributed by atoms with Gasteiger partial charge in [0.25, 0.3) is 0 Å². The van der Waals surface area contributed by atoms with Crippen LogP contribution in [-0.2, 0) is 10.2 Å². The summed E-state index contributed by atoms with van der Waals surface area (Å²) in [6.45, 7) is 4.25. The molecule has 19 heavy (non-hydrogen) atoms. The van der Waals surface area contributed by atoms with Gasteiger partial charge in [0.1, 0.15) is 0 Å². The van der Waals surface area contributed by atoms with Gasteiger partial charge in [0.15, 0.2) is 0 Å². The summed E-state index contributed by atoms with van der Waals surface area (Å²) in [6, 6.07) is 16.4. The first-order valence-corrected chi connectivity index (χ1v) is 6.57. The molecule has 0 spiro atoms. The molecule has 2 aromatic rings. The normalized spacial score (nSPS) is 16.6. The molecule has 0 aliphatic carbocycles. The second-order valence-electron chi connectivity index (χ2n) is 5.70. The fourth-order valence-electron chi connectivity index (χ4n) is 2.79. The van der Waals surface area contributed by atoms with E-state index in [0.29, 0.717) is 6.42 Å². The van der Waals surface area contributed by atoms with Gasteiger partial charge >= 0.3 is 0 Å². The van der Waals surface area contributed by atoms with Crippen molar-refractivity contribution in [2.24, 2.45) is 0 Å². The molecule has 0 unspecified atom stereocenters. The van der Waals surface area contributed by atoms with Crippen LogP contribution in [0.15, 0.2) is 48.5 Å². The smallest absolute Gasteiger partial charge is 0.225 e. The van der Waals surface area contributed by atoms with E-state index >= 15 is 0 Å². The third-order valence-corrected chi connectivity index (χ3v) is 3.75. The Labute approximate surface area is 113 Å². The molecule has 0 saturated carbocycles. The zero-order valence-electron chi connectivity index (χ0n) is 11.2. The Hall–Kier alpha value is -2.09. The second kappa shape index (κ2) is 4.23. The molecule has 1 N–H and O–H groups in total. The van der Waals surface area contributed by atoms with Gasteiger partial charge < -0.3 is 5.32 Å². The molecular weight excluding hydrogens is 234 g/mol. The van der Waals surface area contributed by atoms with Gasteiger partial charge in [0.2, 0.25) is 5.91 Å². The van der Waals surface area contributed by atoms with Crippen molar-refractivity contribution in [1.82, 2.24) is 0 Å². The van der Waals surface area contributed by atoms with Crippen LogP contribution in [0.2, 0.25) is 0 Å². The lowest BCUT2D eigenvalue weighted by molar-refractivity contribution is -0.117. The van der Waals surface area contributed by atoms with Gasteiger partial charge in [0.05, 0.1) is 5.69 Å². The van der Waals surface area contributed by atoms with Gasteiger partial charge in [0, 0.05) is 17.4 Å². The number of hydrogen-bond donors (Lipinski definition) is 1. The van der Waals surface area contributed by atoms with Gasteiger partial charge in [-0.25, -0.2) is 0 Å². The van der Waals surface area contributed by atoms with E-state index < -0.39 is 0 Å². The van der Waals surface area contributed by atoms with Gasteiger partial charge in [-0.2, -0.15) is 0 Å². The Bertz CT molecular complexity index is 629. The highest BCUT2D eigenvalue weighted by atomic mass is 16.1. The molecule has 3 rings (SSSR count). The monoisotopic (exact) mass is 251 g/mol. The van der Waals surface area contributed by atoms with Crippen molar-refractivity contribution in [3.8, 4) is 11.1 Å². The van der Waals surface area contributed by atoms with Crippen LogP contribution in [0.5, 0.6) is 0 Å². The highest BCUT2D eigenvalue weighted by molar-refractivity contribution is 6.00. The maximum atomic E-state index is 11.9. The van der Waals surface area contributed by atoms with Crippen LogP contribution in [0, 0.1) is 0 Å². The molecule has 96 valence electrons. The van der Waals surface area contributed by atoms with Crippen molar-refractivity contribution in [3.05, 3.63) is 54.1 Å². The van der Waals surface area contributed by atoms with E-state index in [1.807, 2.05) is 18.2 Å². The first-order chi connectivity index (χ1) is 9.08. The first kappa shape index (κ1) is 12.0. The third kappa shape index (κ3) is 2.03. The zero-order valence-corrected chi connectivity index (χ0v) is 11.2. The average molecular weight is 251 g/mol. The molecule has 0 fully saturated rings. The highest BCUT2D eigenvalue weighted by Crippen LogP contribution is 2.42. The van der Waals surface area contributed by atoms with E-state index in [4.69, 9.17) is 0 Å². The van der Waals surface area contributed by atoms with Gasteiger partial charge in [-0.15, -0.1) is 0 Å². The molecule has 0 aromatic heterocycles. The van der Waals surface area contributed by atoms with Gasteiger partial charge in [-0.1, -0.05) is 62.4 Å². The number of hydrogen-bond acceptors (Lipinski definition) is 1. The minimum atomic E-state index is -0.109. The first-order valence-electron chi connectivity index (χ1n) is 6.57. The minimum absolute atomic E-state index is 0.0980. The lowest BCUT2D eigenvalue weighted by Gasteiger charge is -2.33. The van der Waals surface area contributed by atoms with Crippen LogP contribution < -0.4 is 5.32 Å². The van der Waals surface area contributed by atoms with Crippen molar-refractivity contribution in [3.63, 3.8) is 0 Å². The molecule has 2 aromatic carbocycles. The topological polar surface area (TPSA) is 29.1 Å². The van der Waals surface area contributed by atoms with Crippen molar-refractivity contribution < 1.29 is 4.79 Å². The summed E-state index contributed by atoms with van der Waals surface area (Å²) in [7, 11) is 0. The average Bonchev–Trinajstić information content (AvgIpc) is 2.38. The van der Waals surface area contributed by atoms with E-state index in [9.17, 15) is 4.79 Å². The number of benzene rings is 2. The number of para-hydroxylation sites is 1. The highest BCUT2D eigenvalue weighted by Gasteiger charge is 2.32. The zero-order chi connectivity index (χ0) is 13.5. The Morgan fingerprint density at radius 2 is 1.74 bits per heavy atom. The minimum Gasteiger partial charge on any atom is -0.325 e. The molecule has 1 heterocycles. The van der Waals surface area contributed by atoms with Crippen molar-refractivity contribution >= 4 is 11.6 Å². The lowest BCUT2D eigenvalue weighted by atomic mass is 9.76. The van der Waals surface area contributed by atoms with Crippen LogP contribution in [0.1, 0.15) is 25.8 Å². The number of amides is 1. The summed E-state index contributed by atoms with van der Waals surface area (Å²) in [5, 5.41) is 3.04. The standard InChI is InChI=1S/C17H17NO/c1-17(2)11-15(19)18-16-13(9-6-10-14(16)17)12-7-4-3-5-8-12/h3-10H,11H2,1-2H3,(H,18,19). The maximum Gasteiger partial charge on any atom is 0.225 e. The maximum absolute atomic E-state index is 11.9. The van der Waals surface area contributed by atoms with Crippen LogP contribution in [0.4, 0.5) is 5.69 Å². The largest absolute Gasteiger partial charge is 0.325 e. The SMILES string of the molecule is CC1(C)CC(=O)Nc2c(-c3ccccc3)cccc21. The predicted octanol–water partition coefficient (Wildman–Crippen LogP) is 3.97. The predicted molar refractivity (Wildman–Crippen MR) is 78.2 cm³/mol. The molecule has 0 atom stereocenters. The van der Waals surface area contributed by atoms with Crippen LogP contribution >= 0.6 is 0 Å². The number of carbonyl (C=O) groups is 1. The molecule has 1 amide bonds. The number of rotatable bonds is 1. The van der Waals surface area contributed by atoms with Crippen LogP contribution in [0.3, 0.4) is 0 Å². The summed E-state index contributed by atoms with van der Waals surface area (Å²) in [6.07, 6.45) is 0.540. The summed E-state index contributed by atoms with van der Waals surface area (Å²) in [4.78, 5) is 11.9. The van der Waals surface area contributed by atoms with Crippen molar-refractivity contribution in [1.29, 1.82) is 0 Å². The van der Waals surface area contributed by atoms with E-state index in [0.717, 1.165) is 16.8 Å². The van der Waals surface area contributed by atoms with E-state index in [1.165, 1.54) is 5.56 Å². The van der Waals surface area contributed by atoms with E-state index in [2.05, 4.69) is 49.5 Å². The molecule has 2 heteroatoms. The molecule has 0 radical (unpaired) electrons. The quantitative estimate of drug-likeness (QED) is 0.816. The number of carbonyl (C=O) groups excluding carboxylic acids is 1. The molecule has 1 aliphatic heterocycles. The molecule has 1 aliphatic rings. The van der Waals surface area contributed by atoms with Gasteiger partial charge in [-0.3, -0.25) is 4.79 Å². The lowest BCUT2D eigenvalue weighted by Crippen LogP contribution is -2.32. The Kier molecular flexibility index (Phi) is 2.67. The molecule has 0 bridgehead atoms. The van der Waals surface area contributed by atoms with E-state index in [-0.39, 0.29) is 11.3 Å². The van der Waals surface area contributed by atoms with E-state index in [1.54, 1.807) is 0 Å². The summed E-state index contributed by atoms with van der Waals surface area (Å²) in [5.74, 6) is 0.0980. The Morgan fingerprint density at radius 1 is 1.00 bits per heavy atom. The molecule has 2 nitrogen and oxygen atoms in total. The van der Waals surface area contributed by atoms with Gasteiger partial charge in [-0.05, 0) is 11.1 Å². The summed E-state index contributed by atoms with van der Waals surface area (Å²) in [5.41, 5.74) is 4.31. The number of anilines is 1. The number of nitrogens with one attached hydrogen (secondary N) is 1. The van der Waals surface area contributed by atoms with Crippen molar-refractivity contribution in [2.45, 2.75) is 25.7 Å². The molecular formula is C17H17NO. The fourth-order valence-corrected chi connectivity index (χ4v) is 2.79. The molecule has 0 saturated heterocycles. The number of fused-ring (bicyclic) bond motifs is 1. The van der Waals surface area contributed by atoms with Crippen molar-refractivity contribution in [2.75, 3.05) is 5.32 Å². The Balaban J connectivity index is 2.22. The summed E-state index contributed by atoms with van der Waals surface area (Å²) < 4.78 is 0. The third-order valence-electron chi connectivity index (χ3n) is 3.75. The fraction of sp³-hybridized carbons (Fsp3) is 0.235. The van der Waals surface area contributed by atoms with Crippen LogP contribution in [0.25, 0.3) is 11.1 Å². The second-order valence-corrected chi connectivity index (χ2v) is 5.70.